The van der Waals surface area contributed by atoms with Crippen LogP contribution in [0, 0.1) is 0 Å². The number of methoxy groups -OCH3 is 1. The van der Waals surface area contributed by atoms with Gasteiger partial charge in [-0.2, -0.15) is 0 Å². The van der Waals surface area contributed by atoms with Gasteiger partial charge in [-0.1, -0.05) is 30.3 Å². The first kappa shape index (κ1) is 15.8. The van der Waals surface area contributed by atoms with Gasteiger partial charge in [-0.05, 0) is 61.8 Å². The van der Waals surface area contributed by atoms with Gasteiger partial charge in [0.25, 0.3) is 0 Å². The molecule has 0 amide bonds. The van der Waals surface area contributed by atoms with E-state index in [0.29, 0.717) is 5.11 Å². The molecule has 1 fully saturated rings. The topological polar surface area (TPSA) is 36.5 Å². The molecule has 1 atom stereocenters. The van der Waals surface area contributed by atoms with Crippen LogP contribution in [0.4, 0.5) is 5.69 Å². The van der Waals surface area contributed by atoms with Crippen LogP contribution in [0.25, 0.3) is 0 Å². The molecule has 0 spiro atoms. The molecule has 2 aromatic carbocycles. The van der Waals surface area contributed by atoms with E-state index in [2.05, 4.69) is 41.9 Å². The number of benzene rings is 2. The van der Waals surface area contributed by atoms with Gasteiger partial charge >= 0.3 is 0 Å². The molecule has 0 bridgehead atoms. The van der Waals surface area contributed by atoms with Crippen LogP contribution in [0.3, 0.4) is 0 Å². The Labute approximate surface area is 142 Å². The Kier molecular flexibility index (Phi) is 4.50. The van der Waals surface area contributed by atoms with Crippen LogP contribution >= 0.6 is 12.2 Å². The maximum Gasteiger partial charge on any atom is 0.189 e. The second-order valence-corrected chi connectivity index (χ2v) is 6.28. The van der Waals surface area contributed by atoms with Gasteiger partial charge in [0.2, 0.25) is 0 Å². The van der Waals surface area contributed by atoms with Gasteiger partial charge in [0.1, 0.15) is 11.4 Å². The number of hydrogen-bond acceptors (Lipinski definition) is 3. The van der Waals surface area contributed by atoms with Crippen molar-refractivity contribution in [1.82, 2.24) is 10.7 Å². The zero-order valence-corrected chi connectivity index (χ0v) is 14.2. The fourth-order valence-corrected chi connectivity index (χ4v) is 3.06. The molecule has 0 radical (unpaired) electrons. The van der Waals surface area contributed by atoms with Gasteiger partial charge in [0.05, 0.1) is 12.8 Å². The molecule has 2 N–H and O–H groups in total. The minimum absolute atomic E-state index is 0.257. The third-order valence-electron chi connectivity index (χ3n) is 4.03. The van der Waals surface area contributed by atoms with Crippen molar-refractivity contribution in [1.29, 1.82) is 0 Å². The Bertz CT molecular complexity index is 674. The number of aryl methyl sites for hydroxylation is 1. The smallest absolute Gasteiger partial charge is 0.189 e. The normalized spacial score (nSPS) is 20.4. The number of nitrogens with zero attached hydrogens (tertiary/aromatic N) is 1. The van der Waals surface area contributed by atoms with Crippen LogP contribution in [0.1, 0.15) is 18.9 Å². The van der Waals surface area contributed by atoms with Crippen LogP contribution in [-0.4, -0.2) is 17.9 Å². The van der Waals surface area contributed by atoms with Crippen molar-refractivity contribution in [2.45, 2.75) is 25.4 Å². The van der Waals surface area contributed by atoms with Gasteiger partial charge in [-0.25, -0.2) is 5.43 Å². The quantitative estimate of drug-likeness (QED) is 0.825. The summed E-state index contributed by atoms with van der Waals surface area (Å²) in [6.07, 6.45) is 1.92. The van der Waals surface area contributed by atoms with Crippen molar-refractivity contribution >= 4 is 23.0 Å². The summed E-state index contributed by atoms with van der Waals surface area (Å²) in [5.74, 6) is 0.832. The first-order valence-corrected chi connectivity index (χ1v) is 8.08. The molecule has 5 heteroatoms. The monoisotopic (exact) mass is 327 g/mol. The first-order valence-electron chi connectivity index (χ1n) is 7.68. The molecule has 1 unspecified atom stereocenters. The van der Waals surface area contributed by atoms with Crippen molar-refractivity contribution in [2.24, 2.45) is 0 Å². The summed E-state index contributed by atoms with van der Waals surface area (Å²) >= 11 is 5.48. The van der Waals surface area contributed by atoms with Crippen LogP contribution in [0.15, 0.2) is 54.6 Å². The third-order valence-corrected chi connectivity index (χ3v) is 4.32. The standard InChI is InChI=1S/C18H21N3OS/c1-18(13-12-14-6-4-3-5-7-14)19-17(23)21(20-18)15-8-10-16(22-2)11-9-15/h3-11,20H,12-13H2,1-2H3,(H,19,23). The summed E-state index contributed by atoms with van der Waals surface area (Å²) in [6.45, 7) is 2.13. The SMILES string of the molecule is COc1ccc(N2NC(C)(CCc3ccccc3)NC2=S)cc1. The second kappa shape index (κ2) is 6.56. The maximum atomic E-state index is 5.48. The zero-order chi connectivity index (χ0) is 16.3. The molecule has 2 aromatic rings. The van der Waals surface area contributed by atoms with Crippen molar-refractivity contribution < 1.29 is 4.74 Å². The highest BCUT2D eigenvalue weighted by atomic mass is 32.1. The highest BCUT2D eigenvalue weighted by Crippen LogP contribution is 2.24. The zero-order valence-electron chi connectivity index (χ0n) is 13.4. The van der Waals surface area contributed by atoms with E-state index in [-0.39, 0.29) is 5.66 Å². The largest absolute Gasteiger partial charge is 0.497 e. The minimum atomic E-state index is -0.257. The molecule has 0 aromatic heterocycles. The molecule has 3 rings (SSSR count). The average Bonchev–Trinajstić information content (AvgIpc) is 2.89. The summed E-state index contributed by atoms with van der Waals surface area (Å²) in [5.41, 5.74) is 5.54. The number of ether oxygens (including phenoxy) is 1. The fourth-order valence-electron chi connectivity index (χ4n) is 2.69. The lowest BCUT2D eigenvalue weighted by Gasteiger charge is -2.25. The van der Waals surface area contributed by atoms with Crippen molar-refractivity contribution in [3.8, 4) is 5.75 Å². The Morgan fingerprint density at radius 2 is 1.78 bits per heavy atom. The number of anilines is 1. The Morgan fingerprint density at radius 1 is 1.09 bits per heavy atom. The molecular formula is C18H21N3OS. The van der Waals surface area contributed by atoms with E-state index in [1.165, 1.54) is 5.56 Å². The first-order chi connectivity index (χ1) is 11.1. The van der Waals surface area contributed by atoms with Crippen LogP contribution in [0.5, 0.6) is 5.75 Å². The predicted molar refractivity (Wildman–Crippen MR) is 97.5 cm³/mol. The van der Waals surface area contributed by atoms with Gasteiger partial charge in [0, 0.05) is 0 Å². The molecule has 1 saturated heterocycles. The van der Waals surface area contributed by atoms with Gasteiger partial charge in [0.15, 0.2) is 5.11 Å². The summed E-state index contributed by atoms with van der Waals surface area (Å²) in [4.78, 5) is 0. The number of rotatable bonds is 5. The second-order valence-electron chi connectivity index (χ2n) is 5.89. The molecule has 1 heterocycles. The van der Waals surface area contributed by atoms with E-state index >= 15 is 0 Å². The highest BCUT2D eigenvalue weighted by Gasteiger charge is 2.36. The van der Waals surface area contributed by atoms with Crippen LogP contribution < -0.4 is 20.5 Å². The van der Waals surface area contributed by atoms with E-state index < -0.39 is 0 Å². The molecule has 1 aliphatic heterocycles. The summed E-state index contributed by atoms with van der Waals surface area (Å²) in [7, 11) is 1.66. The molecule has 1 aliphatic rings. The predicted octanol–water partition coefficient (Wildman–Crippen LogP) is 3.24. The molecular weight excluding hydrogens is 306 g/mol. The lowest BCUT2D eigenvalue weighted by Crippen LogP contribution is -2.48. The average molecular weight is 327 g/mol. The summed E-state index contributed by atoms with van der Waals surface area (Å²) < 4.78 is 5.20. The minimum Gasteiger partial charge on any atom is -0.497 e. The summed E-state index contributed by atoms with van der Waals surface area (Å²) in [6, 6.07) is 18.3. The Balaban J connectivity index is 1.67. The Morgan fingerprint density at radius 3 is 2.43 bits per heavy atom. The number of hydrazine groups is 1. The van der Waals surface area contributed by atoms with Gasteiger partial charge < -0.3 is 10.1 Å². The van der Waals surface area contributed by atoms with Crippen LogP contribution in [-0.2, 0) is 6.42 Å². The lowest BCUT2D eigenvalue weighted by molar-refractivity contribution is 0.347. The molecule has 23 heavy (non-hydrogen) atoms. The highest BCUT2D eigenvalue weighted by molar-refractivity contribution is 7.80. The summed E-state index contributed by atoms with van der Waals surface area (Å²) in [5, 5.41) is 5.99. The van der Waals surface area contributed by atoms with Gasteiger partial charge in [-0.3, -0.25) is 5.01 Å². The Hall–Kier alpha value is -2.11. The molecule has 120 valence electrons. The van der Waals surface area contributed by atoms with Crippen molar-refractivity contribution in [3.63, 3.8) is 0 Å². The number of nitrogens with one attached hydrogen (secondary N) is 2. The molecule has 4 nitrogen and oxygen atoms in total. The third kappa shape index (κ3) is 3.63. The van der Waals surface area contributed by atoms with Gasteiger partial charge in [-0.15, -0.1) is 0 Å². The molecule has 0 saturated carbocycles. The van der Waals surface area contributed by atoms with E-state index in [9.17, 15) is 0 Å². The van der Waals surface area contributed by atoms with Crippen molar-refractivity contribution in [3.05, 3.63) is 60.2 Å². The van der Waals surface area contributed by atoms with Crippen LogP contribution in [0.2, 0.25) is 0 Å². The van der Waals surface area contributed by atoms with E-state index in [1.54, 1.807) is 7.11 Å². The lowest BCUT2D eigenvalue weighted by atomic mass is 10.0. The van der Waals surface area contributed by atoms with E-state index in [1.807, 2.05) is 35.3 Å². The van der Waals surface area contributed by atoms with E-state index in [4.69, 9.17) is 17.0 Å². The van der Waals surface area contributed by atoms with E-state index in [0.717, 1.165) is 24.3 Å². The number of thiocarbonyl (C=S) groups is 1. The fraction of sp³-hybridized carbons (Fsp3) is 0.278. The maximum absolute atomic E-state index is 5.48. The molecule has 0 aliphatic carbocycles. The number of hydrogen-bond donors (Lipinski definition) is 2. The van der Waals surface area contributed by atoms with Crippen molar-refractivity contribution in [2.75, 3.05) is 12.1 Å².